The normalized spacial score (nSPS) is 13.2. The van der Waals surface area contributed by atoms with Gasteiger partial charge in [-0.2, -0.15) is 0 Å². The molecule has 0 saturated carbocycles. The van der Waals surface area contributed by atoms with Gasteiger partial charge in [0.2, 0.25) is 5.91 Å². The number of hydrogen-bond donors (Lipinski definition) is 3. The van der Waals surface area contributed by atoms with Gasteiger partial charge in [0, 0.05) is 12.8 Å². The van der Waals surface area contributed by atoms with Gasteiger partial charge in [-0.25, -0.2) is 0 Å². The molecule has 0 aliphatic rings. The number of nitrogens with one attached hydrogen (secondary N) is 1. The van der Waals surface area contributed by atoms with Crippen LogP contribution in [0.25, 0.3) is 0 Å². The lowest BCUT2D eigenvalue weighted by Gasteiger charge is -2.20. The van der Waals surface area contributed by atoms with Crippen LogP contribution in [0.2, 0.25) is 0 Å². The SMILES string of the molecule is CCCCC/C=C\CCCCCCCC(=O)OCCCC/C=C\CCCCCCC(=O)NC(CO)C(O)/C=C/CCCCCCCCC. The van der Waals surface area contributed by atoms with Gasteiger partial charge in [-0.05, 0) is 83.5 Å². The number of allylic oxidation sites excluding steroid dienone is 5. The average Bonchev–Trinajstić information content (AvgIpc) is 3.08. The minimum absolute atomic E-state index is 0.0506. The highest BCUT2D eigenvalue weighted by Gasteiger charge is 2.17. The van der Waals surface area contributed by atoms with Gasteiger partial charge >= 0.3 is 5.97 Å². The lowest BCUT2D eigenvalue weighted by atomic mass is 10.1. The summed E-state index contributed by atoms with van der Waals surface area (Å²) in [6, 6.07) is -0.651. The summed E-state index contributed by atoms with van der Waals surface area (Å²) < 4.78 is 5.39. The quantitative estimate of drug-likeness (QED) is 0.0349. The zero-order valence-corrected chi connectivity index (χ0v) is 31.5. The first-order valence-electron chi connectivity index (χ1n) is 20.3. The topological polar surface area (TPSA) is 95.9 Å². The molecule has 0 aromatic carbocycles. The Balaban J connectivity index is 3.60. The van der Waals surface area contributed by atoms with Crippen molar-refractivity contribution < 1.29 is 24.5 Å². The van der Waals surface area contributed by atoms with Gasteiger partial charge < -0.3 is 20.3 Å². The number of carbonyl (C=O) groups excluding carboxylic acids is 2. The van der Waals surface area contributed by atoms with Crippen LogP contribution in [0.3, 0.4) is 0 Å². The highest BCUT2D eigenvalue weighted by molar-refractivity contribution is 5.76. The number of carbonyl (C=O) groups is 2. The first-order chi connectivity index (χ1) is 23.5. The second-order valence-electron chi connectivity index (χ2n) is 13.6. The Morgan fingerprint density at radius 3 is 1.52 bits per heavy atom. The smallest absolute Gasteiger partial charge is 0.305 e. The Kier molecular flexibility index (Phi) is 36.4. The van der Waals surface area contributed by atoms with Gasteiger partial charge in [0.25, 0.3) is 0 Å². The van der Waals surface area contributed by atoms with Crippen LogP contribution < -0.4 is 5.32 Å². The van der Waals surface area contributed by atoms with Gasteiger partial charge in [0.05, 0.1) is 25.4 Å². The second kappa shape index (κ2) is 37.9. The van der Waals surface area contributed by atoms with Crippen LogP contribution in [0.15, 0.2) is 36.5 Å². The molecular formula is C42H77NO5. The number of aliphatic hydroxyl groups is 2. The molecule has 280 valence electrons. The maximum absolute atomic E-state index is 12.3. The van der Waals surface area contributed by atoms with E-state index in [0.717, 1.165) is 77.0 Å². The third-order valence-corrected chi connectivity index (χ3v) is 8.88. The molecule has 0 bridgehead atoms. The molecule has 0 aliphatic carbocycles. The van der Waals surface area contributed by atoms with Gasteiger partial charge in [0.15, 0.2) is 0 Å². The highest BCUT2D eigenvalue weighted by Crippen LogP contribution is 2.12. The van der Waals surface area contributed by atoms with Crippen molar-refractivity contribution in [3.05, 3.63) is 36.5 Å². The van der Waals surface area contributed by atoms with E-state index in [9.17, 15) is 19.8 Å². The Hall–Kier alpha value is -1.92. The molecule has 0 aromatic heterocycles. The molecular weight excluding hydrogens is 598 g/mol. The molecule has 0 spiro atoms. The third kappa shape index (κ3) is 34.0. The van der Waals surface area contributed by atoms with E-state index >= 15 is 0 Å². The molecule has 1 amide bonds. The standard InChI is InChI=1S/C42H77NO5/c1-3-5-7-9-11-13-14-15-20-24-28-32-36-42(47)48-37-33-29-25-21-17-16-19-23-27-31-35-41(46)43-39(38-44)40(45)34-30-26-22-18-12-10-8-6-4-2/h11,13,17,21,30,34,39-40,44-45H,3-10,12,14-16,18-20,22-29,31-33,35-38H2,1-2H3,(H,43,46)/b13-11-,21-17-,34-30+. The maximum atomic E-state index is 12.3. The van der Waals surface area contributed by atoms with Crippen LogP contribution in [0.4, 0.5) is 0 Å². The summed E-state index contributed by atoms with van der Waals surface area (Å²) in [5.41, 5.74) is 0. The van der Waals surface area contributed by atoms with E-state index in [1.807, 2.05) is 6.08 Å². The fourth-order valence-corrected chi connectivity index (χ4v) is 5.68. The van der Waals surface area contributed by atoms with Gasteiger partial charge in [0.1, 0.15) is 0 Å². The van der Waals surface area contributed by atoms with Crippen molar-refractivity contribution in [1.29, 1.82) is 0 Å². The van der Waals surface area contributed by atoms with Crippen molar-refractivity contribution in [2.24, 2.45) is 0 Å². The summed E-state index contributed by atoms with van der Waals surface area (Å²) in [5, 5.41) is 22.8. The van der Waals surface area contributed by atoms with E-state index < -0.39 is 12.1 Å². The number of esters is 1. The van der Waals surface area contributed by atoms with Crippen LogP contribution in [-0.2, 0) is 14.3 Å². The molecule has 0 rings (SSSR count). The molecule has 2 atom stereocenters. The zero-order chi connectivity index (χ0) is 35.2. The van der Waals surface area contributed by atoms with E-state index in [1.54, 1.807) is 6.08 Å². The van der Waals surface area contributed by atoms with E-state index in [2.05, 4.69) is 43.5 Å². The highest BCUT2D eigenvalue weighted by atomic mass is 16.5. The van der Waals surface area contributed by atoms with Crippen LogP contribution in [0.1, 0.15) is 194 Å². The van der Waals surface area contributed by atoms with E-state index in [-0.39, 0.29) is 18.5 Å². The van der Waals surface area contributed by atoms with Gasteiger partial charge in [-0.1, -0.05) is 134 Å². The first-order valence-corrected chi connectivity index (χ1v) is 20.3. The Bertz CT molecular complexity index is 793. The number of rotatable bonds is 36. The molecule has 0 fully saturated rings. The lowest BCUT2D eigenvalue weighted by molar-refractivity contribution is -0.143. The fraction of sp³-hybridized carbons (Fsp3) is 0.810. The van der Waals surface area contributed by atoms with Crippen molar-refractivity contribution in [3.8, 4) is 0 Å². The van der Waals surface area contributed by atoms with Crippen molar-refractivity contribution in [2.45, 2.75) is 206 Å². The van der Waals surface area contributed by atoms with Crippen molar-refractivity contribution >= 4 is 11.9 Å². The second-order valence-corrected chi connectivity index (χ2v) is 13.6. The number of ether oxygens (including phenoxy) is 1. The maximum Gasteiger partial charge on any atom is 0.305 e. The van der Waals surface area contributed by atoms with Gasteiger partial charge in [-0.15, -0.1) is 0 Å². The van der Waals surface area contributed by atoms with E-state index in [0.29, 0.717) is 19.4 Å². The van der Waals surface area contributed by atoms with Crippen LogP contribution >= 0.6 is 0 Å². The van der Waals surface area contributed by atoms with E-state index in [1.165, 1.54) is 89.9 Å². The molecule has 3 N–H and O–H groups in total. The molecule has 0 radical (unpaired) electrons. The number of hydrogen-bond acceptors (Lipinski definition) is 5. The minimum atomic E-state index is -0.863. The largest absolute Gasteiger partial charge is 0.466 e. The fourth-order valence-electron chi connectivity index (χ4n) is 5.68. The monoisotopic (exact) mass is 676 g/mol. The van der Waals surface area contributed by atoms with Crippen molar-refractivity contribution in [1.82, 2.24) is 5.32 Å². The molecule has 0 aliphatic heterocycles. The predicted molar refractivity (Wildman–Crippen MR) is 204 cm³/mol. The van der Waals surface area contributed by atoms with Gasteiger partial charge in [-0.3, -0.25) is 9.59 Å². The first kappa shape index (κ1) is 46.1. The predicted octanol–water partition coefficient (Wildman–Crippen LogP) is 11.0. The summed E-state index contributed by atoms with van der Waals surface area (Å²) in [4.78, 5) is 24.2. The molecule has 0 saturated heterocycles. The zero-order valence-electron chi connectivity index (χ0n) is 31.5. The Morgan fingerprint density at radius 1 is 0.562 bits per heavy atom. The molecule has 6 nitrogen and oxygen atoms in total. The average molecular weight is 676 g/mol. The molecule has 48 heavy (non-hydrogen) atoms. The van der Waals surface area contributed by atoms with Crippen molar-refractivity contribution in [2.75, 3.05) is 13.2 Å². The summed E-state index contributed by atoms with van der Waals surface area (Å²) >= 11 is 0. The van der Waals surface area contributed by atoms with Crippen LogP contribution in [-0.4, -0.2) is 47.4 Å². The Morgan fingerprint density at radius 2 is 0.979 bits per heavy atom. The lowest BCUT2D eigenvalue weighted by Crippen LogP contribution is -2.45. The van der Waals surface area contributed by atoms with E-state index in [4.69, 9.17) is 4.74 Å². The molecule has 2 unspecified atom stereocenters. The summed E-state index contributed by atoms with van der Waals surface area (Å²) in [6.45, 7) is 4.72. The number of amides is 1. The summed E-state index contributed by atoms with van der Waals surface area (Å²) in [7, 11) is 0. The minimum Gasteiger partial charge on any atom is -0.466 e. The van der Waals surface area contributed by atoms with Crippen LogP contribution in [0.5, 0.6) is 0 Å². The number of aliphatic hydroxyl groups excluding tert-OH is 2. The third-order valence-electron chi connectivity index (χ3n) is 8.88. The summed E-state index contributed by atoms with van der Waals surface area (Å²) in [5.74, 6) is -0.160. The molecule has 6 heteroatoms. The Labute approximate surface area is 296 Å². The van der Waals surface area contributed by atoms with Crippen molar-refractivity contribution in [3.63, 3.8) is 0 Å². The summed E-state index contributed by atoms with van der Waals surface area (Å²) in [6.07, 6.45) is 42.7. The van der Waals surface area contributed by atoms with Crippen LogP contribution in [0, 0.1) is 0 Å². The molecule has 0 heterocycles. The number of unbranched alkanes of at least 4 members (excludes halogenated alkanes) is 21. The molecule has 0 aromatic rings.